The van der Waals surface area contributed by atoms with Crippen molar-refractivity contribution < 1.29 is 9.53 Å². The van der Waals surface area contributed by atoms with E-state index in [-0.39, 0.29) is 11.9 Å². The van der Waals surface area contributed by atoms with Crippen LogP contribution >= 0.6 is 0 Å². The van der Waals surface area contributed by atoms with Crippen molar-refractivity contribution in [3.05, 3.63) is 157 Å². The molecule has 0 amide bonds. The van der Waals surface area contributed by atoms with Crippen molar-refractivity contribution in [2.75, 3.05) is 0 Å². The molecule has 236 valence electrons. The Morgan fingerprint density at radius 2 is 1.06 bits per heavy atom. The standard InChI is InChI=1S/C45H34N2O2/c48-45(39-26-29-13-15-33(39)25-29)49-28-30-14-24-44-40(27-30)38-9-3-6-12-43(38)47(44)35-22-18-32(19-23-35)31-16-20-34(21-17-31)46-41-10-4-1-7-36(41)37-8-2-5-11-42(37)46/h1-24,27,29,33,39H,25-26,28H2/t29?,33?,39-/m1/s1. The van der Waals surface area contributed by atoms with Gasteiger partial charge >= 0.3 is 5.97 Å². The Hall–Kier alpha value is -5.87. The molecule has 6 aromatic carbocycles. The lowest BCUT2D eigenvalue weighted by Gasteiger charge is -2.16. The molecular weight excluding hydrogens is 601 g/mol. The van der Waals surface area contributed by atoms with Crippen LogP contribution in [-0.2, 0) is 16.1 Å². The average Bonchev–Trinajstić information content (AvgIpc) is 3.95. The van der Waals surface area contributed by atoms with E-state index in [1.807, 2.05) is 0 Å². The quantitative estimate of drug-likeness (QED) is 0.135. The van der Waals surface area contributed by atoms with Crippen LogP contribution in [0.5, 0.6) is 0 Å². The van der Waals surface area contributed by atoms with E-state index in [1.54, 1.807) is 0 Å². The normalized spacial score (nSPS) is 18.3. The van der Waals surface area contributed by atoms with Gasteiger partial charge in [0.05, 0.1) is 28.0 Å². The molecule has 2 aliphatic rings. The number of ether oxygens (including phenoxy) is 1. The van der Waals surface area contributed by atoms with Crippen molar-refractivity contribution in [3.63, 3.8) is 0 Å². The molecule has 2 unspecified atom stereocenters. The highest BCUT2D eigenvalue weighted by Crippen LogP contribution is 2.44. The lowest BCUT2D eigenvalue weighted by atomic mass is 9.94. The molecule has 1 fully saturated rings. The van der Waals surface area contributed by atoms with Crippen LogP contribution in [-0.4, -0.2) is 15.1 Å². The van der Waals surface area contributed by atoms with Crippen LogP contribution in [0.15, 0.2) is 152 Å². The number of para-hydroxylation sites is 3. The fraction of sp³-hybridized carbons (Fsp3) is 0.133. The SMILES string of the molecule is O=C(OCc1ccc2c(c1)c1ccccc1n2-c1ccc(-c2ccc(-n3c4ccccc4c4ccccc43)cc2)cc1)[C@@H]1CC2C=CC1C2. The summed E-state index contributed by atoms with van der Waals surface area (Å²) in [6.45, 7) is 0.302. The van der Waals surface area contributed by atoms with Gasteiger partial charge in [-0.25, -0.2) is 0 Å². The van der Waals surface area contributed by atoms with Gasteiger partial charge in [-0.1, -0.05) is 97.1 Å². The molecule has 0 radical (unpaired) electrons. The maximum absolute atomic E-state index is 12.9. The highest BCUT2D eigenvalue weighted by molar-refractivity contribution is 6.10. The Kier molecular flexibility index (Phi) is 6.38. The number of allylic oxidation sites excluding steroid dienone is 2. The molecule has 2 aliphatic carbocycles. The summed E-state index contributed by atoms with van der Waals surface area (Å²) in [4.78, 5) is 12.9. The third-order valence-corrected chi connectivity index (χ3v) is 10.9. The summed E-state index contributed by atoms with van der Waals surface area (Å²) < 4.78 is 10.5. The summed E-state index contributed by atoms with van der Waals surface area (Å²) in [5.41, 5.74) is 10.4. The van der Waals surface area contributed by atoms with Gasteiger partial charge in [-0.3, -0.25) is 4.79 Å². The van der Waals surface area contributed by atoms with Crippen molar-refractivity contribution >= 4 is 49.6 Å². The van der Waals surface area contributed by atoms with Gasteiger partial charge in [-0.05, 0) is 96.0 Å². The van der Waals surface area contributed by atoms with Gasteiger partial charge in [0.1, 0.15) is 6.61 Å². The summed E-state index contributed by atoms with van der Waals surface area (Å²) in [7, 11) is 0. The molecular formula is C45H34N2O2. The molecule has 10 rings (SSSR count). The van der Waals surface area contributed by atoms with Crippen LogP contribution in [0.2, 0.25) is 0 Å². The van der Waals surface area contributed by atoms with E-state index in [9.17, 15) is 4.79 Å². The second kappa shape index (κ2) is 11.1. The lowest BCUT2D eigenvalue weighted by Crippen LogP contribution is -2.21. The maximum Gasteiger partial charge on any atom is 0.309 e. The van der Waals surface area contributed by atoms with Gasteiger partial charge in [-0.2, -0.15) is 0 Å². The zero-order valence-corrected chi connectivity index (χ0v) is 27.0. The first-order valence-electron chi connectivity index (χ1n) is 17.3. The number of fused-ring (bicyclic) bond motifs is 8. The van der Waals surface area contributed by atoms with E-state index in [1.165, 1.54) is 38.3 Å². The molecule has 2 heterocycles. The van der Waals surface area contributed by atoms with Crippen molar-refractivity contribution in [1.82, 2.24) is 9.13 Å². The second-order valence-corrected chi connectivity index (χ2v) is 13.7. The van der Waals surface area contributed by atoms with E-state index in [2.05, 4.69) is 161 Å². The molecule has 0 N–H and O–H groups in total. The Morgan fingerprint density at radius 1 is 0.551 bits per heavy atom. The van der Waals surface area contributed by atoms with Crippen LogP contribution in [0.1, 0.15) is 18.4 Å². The Bertz CT molecular complexity index is 2530. The Balaban J connectivity index is 0.945. The predicted octanol–water partition coefficient (Wildman–Crippen LogP) is 10.8. The van der Waals surface area contributed by atoms with E-state index in [0.717, 1.165) is 46.2 Å². The van der Waals surface area contributed by atoms with Gasteiger partial charge in [-0.15, -0.1) is 0 Å². The van der Waals surface area contributed by atoms with Crippen molar-refractivity contribution in [2.45, 2.75) is 19.4 Å². The maximum atomic E-state index is 12.9. The molecule has 49 heavy (non-hydrogen) atoms. The Morgan fingerprint density at radius 3 is 1.57 bits per heavy atom. The fourth-order valence-corrected chi connectivity index (χ4v) is 8.51. The molecule has 0 spiro atoms. The van der Waals surface area contributed by atoms with Crippen LogP contribution in [0, 0.1) is 17.8 Å². The summed E-state index contributed by atoms with van der Waals surface area (Å²) in [6.07, 6.45) is 6.50. The third kappa shape index (κ3) is 4.55. The number of carbonyl (C=O) groups is 1. The molecule has 4 heteroatoms. The second-order valence-electron chi connectivity index (χ2n) is 13.7. The number of benzene rings is 6. The molecule has 0 saturated heterocycles. The van der Waals surface area contributed by atoms with Gasteiger partial charge in [0.25, 0.3) is 0 Å². The summed E-state index contributed by atoms with van der Waals surface area (Å²) >= 11 is 0. The monoisotopic (exact) mass is 634 g/mol. The topological polar surface area (TPSA) is 36.2 Å². The van der Waals surface area contributed by atoms with E-state index >= 15 is 0 Å². The number of rotatable bonds is 6. The summed E-state index contributed by atoms with van der Waals surface area (Å²) in [6, 6.07) is 50.0. The van der Waals surface area contributed by atoms with Crippen molar-refractivity contribution in [1.29, 1.82) is 0 Å². The minimum Gasteiger partial charge on any atom is -0.461 e. The summed E-state index contributed by atoms with van der Waals surface area (Å²) in [5.74, 6) is 0.870. The van der Waals surface area contributed by atoms with E-state index in [4.69, 9.17) is 4.74 Å². The van der Waals surface area contributed by atoms with E-state index < -0.39 is 0 Å². The fourth-order valence-electron chi connectivity index (χ4n) is 8.51. The Labute approximate surface area is 284 Å². The lowest BCUT2D eigenvalue weighted by molar-refractivity contribution is -0.150. The number of hydrogen-bond acceptors (Lipinski definition) is 2. The molecule has 2 aromatic heterocycles. The van der Waals surface area contributed by atoms with Gasteiger partial charge in [0.2, 0.25) is 0 Å². The number of carbonyl (C=O) groups excluding carboxylic acids is 1. The highest BCUT2D eigenvalue weighted by atomic mass is 16.5. The minimum atomic E-state index is -0.0548. The van der Waals surface area contributed by atoms with E-state index in [0.29, 0.717) is 18.4 Å². The molecule has 8 aromatic rings. The first kappa shape index (κ1) is 28.2. The third-order valence-electron chi connectivity index (χ3n) is 10.9. The van der Waals surface area contributed by atoms with Crippen LogP contribution in [0.4, 0.5) is 0 Å². The zero-order chi connectivity index (χ0) is 32.5. The molecule has 3 atom stereocenters. The van der Waals surface area contributed by atoms with Crippen LogP contribution < -0.4 is 0 Å². The molecule has 4 nitrogen and oxygen atoms in total. The molecule has 1 saturated carbocycles. The van der Waals surface area contributed by atoms with Crippen LogP contribution in [0.25, 0.3) is 66.1 Å². The first-order valence-corrected chi connectivity index (χ1v) is 17.3. The first-order chi connectivity index (χ1) is 24.2. The van der Waals surface area contributed by atoms with Gasteiger partial charge in [0, 0.05) is 32.9 Å². The summed E-state index contributed by atoms with van der Waals surface area (Å²) in [5, 5.41) is 4.89. The van der Waals surface area contributed by atoms with Gasteiger partial charge in [0.15, 0.2) is 0 Å². The average molecular weight is 635 g/mol. The predicted molar refractivity (Wildman–Crippen MR) is 199 cm³/mol. The highest BCUT2D eigenvalue weighted by Gasteiger charge is 2.40. The largest absolute Gasteiger partial charge is 0.461 e. The van der Waals surface area contributed by atoms with Gasteiger partial charge < -0.3 is 13.9 Å². The van der Waals surface area contributed by atoms with Crippen LogP contribution in [0.3, 0.4) is 0 Å². The zero-order valence-electron chi connectivity index (χ0n) is 27.0. The minimum absolute atomic E-state index is 0.0154. The number of esters is 1. The molecule has 0 aliphatic heterocycles. The van der Waals surface area contributed by atoms with Crippen molar-refractivity contribution in [3.8, 4) is 22.5 Å². The number of aromatic nitrogens is 2. The van der Waals surface area contributed by atoms with Crippen molar-refractivity contribution in [2.24, 2.45) is 17.8 Å². The smallest absolute Gasteiger partial charge is 0.309 e. The number of nitrogens with zero attached hydrogens (tertiary/aromatic N) is 2. The molecule has 2 bridgehead atoms. The number of hydrogen-bond donors (Lipinski definition) is 0.